The molecule has 1 saturated carbocycles. The molecule has 25 heavy (non-hydrogen) atoms. The van der Waals surface area contributed by atoms with Crippen molar-refractivity contribution in [3.05, 3.63) is 59.7 Å². The van der Waals surface area contributed by atoms with E-state index in [4.69, 9.17) is 9.47 Å². The second-order valence-electron chi connectivity index (χ2n) is 5.89. The topological polar surface area (TPSA) is 83.1 Å². The maximum Gasteiger partial charge on any atom is 0.169 e. The van der Waals surface area contributed by atoms with Crippen molar-refractivity contribution < 1.29 is 14.3 Å². The molecule has 0 aromatic heterocycles. The molecule has 2 atom stereocenters. The van der Waals surface area contributed by atoms with Gasteiger partial charge in [0, 0.05) is 23.1 Å². The normalized spacial score (nSPS) is 20.0. The number of nitriles is 2. The van der Waals surface area contributed by atoms with Gasteiger partial charge < -0.3 is 9.47 Å². The van der Waals surface area contributed by atoms with Gasteiger partial charge in [0.25, 0.3) is 0 Å². The highest BCUT2D eigenvalue weighted by atomic mass is 16.5. The number of Topliss-reactive ketones (excluding diaryl/α,β-unsaturated/α-hetero) is 1. The lowest BCUT2D eigenvalue weighted by molar-refractivity contribution is 0.0958. The summed E-state index contributed by atoms with van der Waals surface area (Å²) in [4.78, 5) is 12.9. The highest BCUT2D eigenvalue weighted by Gasteiger charge is 2.71. The molecule has 0 heterocycles. The van der Waals surface area contributed by atoms with Gasteiger partial charge in [-0.1, -0.05) is 36.4 Å². The Balaban J connectivity index is 2.05. The Hall–Kier alpha value is -3.31. The Morgan fingerprint density at radius 1 is 1.04 bits per heavy atom. The van der Waals surface area contributed by atoms with Gasteiger partial charge in [0.2, 0.25) is 0 Å². The number of rotatable bonds is 5. The molecule has 0 aliphatic heterocycles. The van der Waals surface area contributed by atoms with Gasteiger partial charge in [-0.25, -0.2) is 0 Å². The maximum absolute atomic E-state index is 12.9. The minimum Gasteiger partial charge on any atom is -0.497 e. The lowest BCUT2D eigenvalue weighted by Crippen LogP contribution is -2.08. The summed E-state index contributed by atoms with van der Waals surface area (Å²) >= 11 is 0. The van der Waals surface area contributed by atoms with Crippen LogP contribution in [0.3, 0.4) is 0 Å². The number of carbonyl (C=O) groups is 1. The van der Waals surface area contributed by atoms with Crippen molar-refractivity contribution in [2.45, 2.75) is 5.92 Å². The first-order chi connectivity index (χ1) is 12.1. The van der Waals surface area contributed by atoms with E-state index >= 15 is 0 Å². The molecule has 0 unspecified atom stereocenters. The summed E-state index contributed by atoms with van der Waals surface area (Å²) in [7, 11) is 3.05. The first-order valence-corrected chi connectivity index (χ1v) is 7.76. The molecule has 0 amide bonds. The van der Waals surface area contributed by atoms with Gasteiger partial charge in [-0.2, -0.15) is 10.5 Å². The summed E-state index contributed by atoms with van der Waals surface area (Å²) < 4.78 is 10.6. The molecule has 0 spiro atoms. The standard InChI is InChI=1S/C20H16N2O3/c1-24-14-8-9-15(16(10-14)25-2)17-18(20(17,11-21)12-22)19(23)13-6-4-3-5-7-13/h3-10,17-18H,1-2H3/t17-,18-/m0/s1. The number of ketones is 1. The summed E-state index contributed by atoms with van der Waals surface area (Å²) in [6.07, 6.45) is 0. The van der Waals surface area contributed by atoms with Gasteiger partial charge in [-0.3, -0.25) is 4.79 Å². The molecule has 0 N–H and O–H groups in total. The van der Waals surface area contributed by atoms with E-state index in [1.54, 1.807) is 49.6 Å². The molecule has 2 aromatic carbocycles. The SMILES string of the molecule is COc1ccc([C@H]2[C@@H](C(=O)c3ccccc3)C2(C#N)C#N)c(OC)c1. The highest BCUT2D eigenvalue weighted by Crippen LogP contribution is 2.66. The van der Waals surface area contributed by atoms with E-state index < -0.39 is 17.3 Å². The van der Waals surface area contributed by atoms with E-state index in [9.17, 15) is 15.3 Å². The number of methoxy groups -OCH3 is 2. The van der Waals surface area contributed by atoms with Crippen LogP contribution >= 0.6 is 0 Å². The lowest BCUT2D eigenvalue weighted by atomic mass is 10.0. The molecule has 5 nitrogen and oxygen atoms in total. The first kappa shape index (κ1) is 16.5. The fourth-order valence-electron chi connectivity index (χ4n) is 3.33. The largest absolute Gasteiger partial charge is 0.497 e. The third-order valence-electron chi connectivity index (χ3n) is 4.69. The lowest BCUT2D eigenvalue weighted by Gasteiger charge is -2.10. The van der Waals surface area contributed by atoms with Crippen molar-refractivity contribution in [2.75, 3.05) is 14.2 Å². The second kappa shape index (κ2) is 6.30. The molecule has 5 heteroatoms. The second-order valence-corrected chi connectivity index (χ2v) is 5.89. The van der Waals surface area contributed by atoms with Crippen molar-refractivity contribution in [3.63, 3.8) is 0 Å². The van der Waals surface area contributed by atoms with Crippen molar-refractivity contribution in [1.29, 1.82) is 10.5 Å². The molecular formula is C20H16N2O3. The summed E-state index contributed by atoms with van der Waals surface area (Å²) in [5, 5.41) is 19.3. The van der Waals surface area contributed by atoms with Gasteiger partial charge >= 0.3 is 0 Å². The molecule has 1 aliphatic rings. The third kappa shape index (κ3) is 2.51. The smallest absolute Gasteiger partial charge is 0.169 e. The molecular weight excluding hydrogens is 316 g/mol. The van der Waals surface area contributed by atoms with Gasteiger partial charge in [-0.05, 0) is 6.07 Å². The highest BCUT2D eigenvalue weighted by molar-refractivity contribution is 6.02. The molecule has 0 bridgehead atoms. The summed E-state index contributed by atoms with van der Waals surface area (Å²) in [5.74, 6) is -0.343. The molecule has 1 aliphatic carbocycles. The van der Waals surface area contributed by atoms with Crippen LogP contribution in [-0.4, -0.2) is 20.0 Å². The van der Waals surface area contributed by atoms with Gasteiger partial charge in [-0.15, -0.1) is 0 Å². The monoisotopic (exact) mass is 332 g/mol. The number of ether oxygens (including phenoxy) is 2. The number of carbonyl (C=O) groups excluding carboxylic acids is 1. The van der Waals surface area contributed by atoms with Crippen molar-refractivity contribution in [2.24, 2.45) is 11.3 Å². The Morgan fingerprint density at radius 2 is 1.72 bits per heavy atom. The molecule has 2 aromatic rings. The van der Waals surface area contributed by atoms with Crippen LogP contribution in [0.4, 0.5) is 0 Å². The molecule has 3 rings (SSSR count). The van der Waals surface area contributed by atoms with Crippen molar-refractivity contribution >= 4 is 5.78 Å². The molecule has 0 saturated heterocycles. The molecule has 1 fully saturated rings. The minimum atomic E-state index is -1.38. The van der Waals surface area contributed by atoms with E-state index in [0.29, 0.717) is 22.6 Å². The van der Waals surface area contributed by atoms with Crippen LogP contribution in [-0.2, 0) is 0 Å². The van der Waals surface area contributed by atoms with Crippen LogP contribution in [0.25, 0.3) is 0 Å². The summed E-state index contributed by atoms with van der Waals surface area (Å²) in [5.41, 5.74) is -0.215. The quantitative estimate of drug-likeness (QED) is 0.784. The average Bonchev–Trinajstić information content (AvgIpc) is 3.36. The number of benzene rings is 2. The zero-order valence-corrected chi connectivity index (χ0v) is 13.9. The maximum atomic E-state index is 12.9. The van der Waals surface area contributed by atoms with E-state index in [1.165, 1.54) is 7.11 Å². The Morgan fingerprint density at radius 3 is 2.28 bits per heavy atom. The zero-order chi connectivity index (χ0) is 18.0. The third-order valence-corrected chi connectivity index (χ3v) is 4.69. The van der Waals surface area contributed by atoms with Crippen molar-refractivity contribution in [1.82, 2.24) is 0 Å². The molecule has 124 valence electrons. The predicted molar refractivity (Wildman–Crippen MR) is 90.2 cm³/mol. The van der Waals surface area contributed by atoms with Crippen molar-refractivity contribution in [3.8, 4) is 23.6 Å². The van der Waals surface area contributed by atoms with Gasteiger partial charge in [0.1, 0.15) is 11.5 Å². The Kier molecular flexibility index (Phi) is 4.17. The first-order valence-electron chi connectivity index (χ1n) is 7.76. The summed E-state index contributed by atoms with van der Waals surface area (Å²) in [6.45, 7) is 0. The van der Waals surface area contributed by atoms with Crippen LogP contribution < -0.4 is 9.47 Å². The van der Waals surface area contributed by atoms with Crippen LogP contribution in [0.1, 0.15) is 21.8 Å². The fourth-order valence-corrected chi connectivity index (χ4v) is 3.33. The fraction of sp³-hybridized carbons (Fsp3) is 0.250. The van der Waals surface area contributed by atoms with Crippen LogP contribution in [0, 0.1) is 34.0 Å². The predicted octanol–water partition coefficient (Wildman–Crippen LogP) is 3.33. The van der Waals surface area contributed by atoms with Gasteiger partial charge in [0.05, 0.1) is 32.3 Å². The molecule has 0 radical (unpaired) electrons. The van der Waals surface area contributed by atoms with Crippen LogP contribution in [0.5, 0.6) is 11.5 Å². The van der Waals surface area contributed by atoms with E-state index in [-0.39, 0.29) is 5.78 Å². The Labute approximate surface area is 146 Å². The van der Waals surface area contributed by atoms with E-state index in [1.807, 2.05) is 6.07 Å². The average molecular weight is 332 g/mol. The van der Waals surface area contributed by atoms with E-state index in [2.05, 4.69) is 12.1 Å². The van der Waals surface area contributed by atoms with Gasteiger partial charge in [0.15, 0.2) is 11.2 Å². The Bertz CT molecular complexity index is 879. The zero-order valence-electron chi connectivity index (χ0n) is 13.9. The number of hydrogen-bond donors (Lipinski definition) is 0. The van der Waals surface area contributed by atoms with E-state index in [0.717, 1.165) is 0 Å². The van der Waals surface area contributed by atoms with Crippen LogP contribution in [0.15, 0.2) is 48.5 Å². The van der Waals surface area contributed by atoms with Crippen LogP contribution in [0.2, 0.25) is 0 Å². The number of nitrogens with zero attached hydrogens (tertiary/aromatic N) is 2. The minimum absolute atomic E-state index is 0.202. The summed E-state index contributed by atoms with van der Waals surface area (Å²) in [6, 6.07) is 18.0. The number of hydrogen-bond acceptors (Lipinski definition) is 5.